The summed E-state index contributed by atoms with van der Waals surface area (Å²) in [4.78, 5) is 16.9. The number of carbonyl (C=O) groups excluding carboxylic acids is 1. The molecular formula is C20H15BrClFN2O4S. The predicted molar refractivity (Wildman–Crippen MR) is 115 cm³/mol. The predicted octanol–water partition coefficient (Wildman–Crippen LogP) is 4.47. The molecule has 0 aliphatic carbocycles. The molecule has 0 unspecified atom stereocenters. The number of nitrogens with zero attached hydrogens (tertiary/aromatic N) is 1. The third-order valence-corrected chi connectivity index (χ3v) is 6.71. The van der Waals surface area contributed by atoms with Crippen LogP contribution in [0.4, 0.5) is 10.1 Å². The average Bonchev–Trinajstić information content (AvgIpc) is 2.69. The van der Waals surface area contributed by atoms with Gasteiger partial charge in [0.1, 0.15) is 11.5 Å². The minimum Gasteiger partial charge on any atom is -0.392 e. The Hall–Kier alpha value is -2.33. The molecule has 0 spiro atoms. The van der Waals surface area contributed by atoms with Crippen molar-refractivity contribution in [3.05, 3.63) is 86.4 Å². The molecule has 2 N–H and O–H groups in total. The van der Waals surface area contributed by atoms with Gasteiger partial charge in [0.25, 0.3) is 10.0 Å². The fourth-order valence-corrected chi connectivity index (χ4v) is 4.31. The molecule has 0 aliphatic rings. The summed E-state index contributed by atoms with van der Waals surface area (Å²) in [5.41, 5.74) is -0.210. The Morgan fingerprint density at radius 2 is 2.00 bits per heavy atom. The van der Waals surface area contributed by atoms with Gasteiger partial charge in [-0.1, -0.05) is 39.7 Å². The lowest BCUT2D eigenvalue weighted by molar-refractivity contribution is 0.102. The normalized spacial score (nSPS) is 11.4. The smallest absolute Gasteiger partial charge is 0.261 e. The number of carbonyl (C=O) groups is 1. The van der Waals surface area contributed by atoms with E-state index in [1.165, 1.54) is 30.3 Å². The Balaban J connectivity index is 2.09. The number of anilines is 1. The van der Waals surface area contributed by atoms with Gasteiger partial charge in [0, 0.05) is 10.7 Å². The molecule has 10 heteroatoms. The zero-order valence-electron chi connectivity index (χ0n) is 15.5. The molecule has 2 aromatic carbocycles. The number of aromatic nitrogens is 1. The zero-order chi connectivity index (χ0) is 22.1. The van der Waals surface area contributed by atoms with Gasteiger partial charge in [-0.25, -0.2) is 17.8 Å². The number of aliphatic hydroxyl groups is 1. The molecule has 0 saturated carbocycles. The van der Waals surface area contributed by atoms with Crippen LogP contribution >= 0.6 is 27.5 Å². The van der Waals surface area contributed by atoms with Gasteiger partial charge in [0.15, 0.2) is 0 Å². The number of sulfonamides is 1. The van der Waals surface area contributed by atoms with Crippen LogP contribution in [-0.2, 0) is 16.6 Å². The molecule has 30 heavy (non-hydrogen) atoms. The van der Waals surface area contributed by atoms with Crippen molar-refractivity contribution in [3.63, 3.8) is 0 Å². The summed E-state index contributed by atoms with van der Waals surface area (Å²) in [7, 11) is -4.10. The monoisotopic (exact) mass is 512 g/mol. The van der Waals surface area contributed by atoms with E-state index in [2.05, 4.69) is 25.6 Å². The largest absolute Gasteiger partial charge is 0.392 e. The number of hydrogen-bond donors (Lipinski definition) is 2. The van der Waals surface area contributed by atoms with Gasteiger partial charge >= 0.3 is 0 Å². The number of aryl methyl sites for hydroxylation is 1. The summed E-state index contributed by atoms with van der Waals surface area (Å²) in [6.07, 6.45) is 1.15. The summed E-state index contributed by atoms with van der Waals surface area (Å²) in [5.74, 6) is -1.75. The number of pyridine rings is 1. The zero-order valence-corrected chi connectivity index (χ0v) is 18.6. The van der Waals surface area contributed by atoms with Crippen LogP contribution in [0.1, 0.15) is 27.2 Å². The van der Waals surface area contributed by atoms with Crippen molar-refractivity contribution < 1.29 is 22.7 Å². The van der Waals surface area contributed by atoms with E-state index in [1.54, 1.807) is 13.0 Å². The summed E-state index contributed by atoms with van der Waals surface area (Å²) in [6, 6.07) is 9.44. The molecule has 3 rings (SSSR count). The van der Waals surface area contributed by atoms with Crippen molar-refractivity contribution >= 4 is 49.0 Å². The second-order valence-corrected chi connectivity index (χ2v) is 9.30. The van der Waals surface area contributed by atoms with Crippen molar-refractivity contribution in [1.29, 1.82) is 0 Å². The topological polar surface area (TPSA) is 96.4 Å². The molecule has 6 nitrogen and oxygen atoms in total. The fraction of sp³-hybridized carbons (Fsp3) is 0.100. The molecule has 0 saturated heterocycles. The highest BCUT2D eigenvalue weighted by Gasteiger charge is 2.25. The molecule has 1 heterocycles. The first kappa shape index (κ1) is 22.4. The van der Waals surface area contributed by atoms with Crippen LogP contribution in [0.25, 0.3) is 0 Å². The lowest BCUT2D eigenvalue weighted by Crippen LogP contribution is -2.18. The number of nitrogens with one attached hydrogen (secondary N) is 1. The maximum Gasteiger partial charge on any atom is 0.261 e. The van der Waals surface area contributed by atoms with E-state index in [1.807, 2.05) is 0 Å². The third-order valence-electron chi connectivity index (χ3n) is 4.25. The second-order valence-electron chi connectivity index (χ2n) is 6.33. The van der Waals surface area contributed by atoms with E-state index in [0.717, 1.165) is 16.7 Å². The maximum absolute atomic E-state index is 14.3. The van der Waals surface area contributed by atoms with E-state index in [9.17, 15) is 22.7 Å². The van der Waals surface area contributed by atoms with Crippen LogP contribution in [0, 0.1) is 12.7 Å². The lowest BCUT2D eigenvalue weighted by Gasteiger charge is -2.14. The highest BCUT2D eigenvalue weighted by atomic mass is 79.9. The van der Waals surface area contributed by atoms with Crippen molar-refractivity contribution in [2.75, 3.05) is 4.72 Å². The Morgan fingerprint density at radius 1 is 1.27 bits per heavy atom. The Morgan fingerprint density at radius 3 is 2.67 bits per heavy atom. The van der Waals surface area contributed by atoms with Crippen LogP contribution in [0.3, 0.4) is 0 Å². The Kier molecular flexibility index (Phi) is 6.56. The minimum absolute atomic E-state index is 0.0384. The lowest BCUT2D eigenvalue weighted by atomic mass is 10.0. The van der Waals surface area contributed by atoms with Crippen molar-refractivity contribution in [2.45, 2.75) is 18.4 Å². The fourth-order valence-electron chi connectivity index (χ4n) is 2.76. The van der Waals surface area contributed by atoms with Crippen LogP contribution in [0.5, 0.6) is 0 Å². The minimum atomic E-state index is -4.10. The van der Waals surface area contributed by atoms with Gasteiger partial charge in [0.05, 0.1) is 27.8 Å². The number of halogens is 3. The Bertz CT molecular complexity index is 1250. The molecule has 0 atom stereocenters. The van der Waals surface area contributed by atoms with Gasteiger partial charge in [-0.2, -0.15) is 0 Å². The SMILES string of the molecule is Cc1cc(S(=O)(=O)Nc2cc(Cl)cnc2C(=O)c2c(F)cccc2CO)ccc1Br. The van der Waals surface area contributed by atoms with Crippen molar-refractivity contribution in [1.82, 2.24) is 4.98 Å². The number of aliphatic hydroxyl groups excluding tert-OH is 1. The van der Waals surface area contributed by atoms with E-state index < -0.39 is 33.8 Å². The number of rotatable bonds is 6. The molecule has 156 valence electrons. The molecule has 0 bridgehead atoms. The standard InChI is InChI=1S/C20H15BrClFN2O4S/c1-11-7-14(5-6-15(11)21)30(28,29)25-17-8-13(22)9-24-19(17)20(27)18-12(10-26)3-2-4-16(18)23/h2-9,25-26H,10H2,1H3. The molecular weight excluding hydrogens is 499 g/mol. The first-order chi connectivity index (χ1) is 14.1. The van der Waals surface area contributed by atoms with Gasteiger partial charge < -0.3 is 5.11 Å². The van der Waals surface area contributed by atoms with Gasteiger partial charge in [-0.3, -0.25) is 9.52 Å². The molecule has 0 fully saturated rings. The maximum atomic E-state index is 14.3. The highest BCUT2D eigenvalue weighted by molar-refractivity contribution is 9.10. The summed E-state index contributed by atoms with van der Waals surface area (Å²) >= 11 is 9.26. The number of ketones is 1. The Labute approximate surface area is 185 Å². The van der Waals surface area contributed by atoms with Gasteiger partial charge in [-0.05, 0) is 48.4 Å². The van der Waals surface area contributed by atoms with Crippen LogP contribution in [-0.4, -0.2) is 24.3 Å². The van der Waals surface area contributed by atoms with Gasteiger partial charge in [0.2, 0.25) is 5.78 Å². The summed E-state index contributed by atoms with van der Waals surface area (Å²) in [6.45, 7) is 1.15. The summed E-state index contributed by atoms with van der Waals surface area (Å²) in [5, 5.41) is 9.54. The molecule has 0 radical (unpaired) electrons. The molecule has 0 amide bonds. The van der Waals surface area contributed by atoms with E-state index in [4.69, 9.17) is 11.6 Å². The van der Waals surface area contributed by atoms with E-state index in [0.29, 0.717) is 5.56 Å². The highest BCUT2D eigenvalue weighted by Crippen LogP contribution is 2.27. The molecule has 0 aliphatic heterocycles. The first-order valence-electron chi connectivity index (χ1n) is 8.51. The second kappa shape index (κ2) is 8.81. The van der Waals surface area contributed by atoms with Crippen molar-refractivity contribution in [3.8, 4) is 0 Å². The van der Waals surface area contributed by atoms with Crippen molar-refractivity contribution in [2.24, 2.45) is 0 Å². The third kappa shape index (κ3) is 4.54. The average molecular weight is 514 g/mol. The molecule has 1 aromatic heterocycles. The van der Waals surface area contributed by atoms with Crippen LogP contribution < -0.4 is 4.72 Å². The van der Waals surface area contributed by atoms with Crippen LogP contribution in [0.2, 0.25) is 5.02 Å². The first-order valence-corrected chi connectivity index (χ1v) is 11.2. The number of benzene rings is 2. The number of hydrogen-bond acceptors (Lipinski definition) is 5. The molecule has 3 aromatic rings. The van der Waals surface area contributed by atoms with E-state index in [-0.39, 0.29) is 26.9 Å². The van der Waals surface area contributed by atoms with Crippen LogP contribution in [0.15, 0.2) is 58.0 Å². The quantitative estimate of drug-likeness (QED) is 0.474. The van der Waals surface area contributed by atoms with Gasteiger partial charge in [-0.15, -0.1) is 0 Å². The van der Waals surface area contributed by atoms with E-state index >= 15 is 0 Å². The summed E-state index contributed by atoms with van der Waals surface area (Å²) < 4.78 is 43.1.